The van der Waals surface area contributed by atoms with E-state index in [1.165, 1.54) is 24.3 Å². The van der Waals surface area contributed by atoms with Gasteiger partial charge in [-0.15, -0.1) is 0 Å². The SMILES string of the molecule is O=[N+]([O-])c1ccc2c(Cc3c[nH]c4ccc(F)cc34)c[nH]c2c1. The number of hydrogen-bond acceptors (Lipinski definition) is 2. The number of nitro groups is 1. The normalized spacial score (nSPS) is 11.3. The Morgan fingerprint density at radius 2 is 1.70 bits per heavy atom. The van der Waals surface area contributed by atoms with Crippen LogP contribution in [-0.4, -0.2) is 14.9 Å². The highest BCUT2D eigenvalue weighted by Gasteiger charge is 2.12. The number of nitrogens with one attached hydrogen (secondary N) is 2. The van der Waals surface area contributed by atoms with Crippen molar-refractivity contribution in [3.63, 3.8) is 0 Å². The summed E-state index contributed by atoms with van der Waals surface area (Å²) in [6.45, 7) is 0. The van der Waals surface area contributed by atoms with Gasteiger partial charge >= 0.3 is 0 Å². The maximum atomic E-state index is 13.5. The fourth-order valence-corrected chi connectivity index (χ4v) is 2.94. The minimum Gasteiger partial charge on any atom is -0.361 e. The van der Waals surface area contributed by atoms with Crippen LogP contribution in [0.5, 0.6) is 0 Å². The molecule has 0 bridgehead atoms. The summed E-state index contributed by atoms with van der Waals surface area (Å²) < 4.78 is 13.5. The van der Waals surface area contributed by atoms with Crippen molar-refractivity contribution in [1.29, 1.82) is 0 Å². The number of aromatic nitrogens is 2. The maximum absolute atomic E-state index is 13.5. The van der Waals surface area contributed by atoms with E-state index in [2.05, 4.69) is 9.97 Å². The zero-order chi connectivity index (χ0) is 16.0. The number of non-ortho nitro benzene ring substituents is 1. The molecule has 5 nitrogen and oxygen atoms in total. The molecule has 0 aliphatic rings. The third kappa shape index (κ3) is 2.24. The monoisotopic (exact) mass is 309 g/mol. The van der Waals surface area contributed by atoms with Gasteiger partial charge in [0, 0.05) is 47.2 Å². The van der Waals surface area contributed by atoms with E-state index in [9.17, 15) is 14.5 Å². The van der Waals surface area contributed by atoms with Crippen molar-refractivity contribution in [1.82, 2.24) is 9.97 Å². The molecule has 0 aliphatic heterocycles. The Hall–Kier alpha value is -3.15. The van der Waals surface area contributed by atoms with Gasteiger partial charge in [-0.3, -0.25) is 10.1 Å². The summed E-state index contributed by atoms with van der Waals surface area (Å²) >= 11 is 0. The molecular formula is C17H12FN3O2. The lowest BCUT2D eigenvalue weighted by molar-refractivity contribution is -0.384. The minimum absolute atomic E-state index is 0.0556. The van der Waals surface area contributed by atoms with Crippen LogP contribution < -0.4 is 0 Å². The summed E-state index contributed by atoms with van der Waals surface area (Å²) in [6.07, 6.45) is 4.32. The molecule has 23 heavy (non-hydrogen) atoms. The van der Waals surface area contributed by atoms with Crippen LogP contribution in [0.15, 0.2) is 48.8 Å². The van der Waals surface area contributed by atoms with Gasteiger partial charge in [-0.1, -0.05) is 0 Å². The highest BCUT2D eigenvalue weighted by Crippen LogP contribution is 2.27. The van der Waals surface area contributed by atoms with Crippen LogP contribution in [0.2, 0.25) is 0 Å². The molecule has 2 aromatic heterocycles. The van der Waals surface area contributed by atoms with Crippen molar-refractivity contribution in [3.05, 3.63) is 75.9 Å². The van der Waals surface area contributed by atoms with Gasteiger partial charge in [0.25, 0.3) is 5.69 Å². The smallest absolute Gasteiger partial charge is 0.271 e. The molecule has 0 saturated heterocycles. The van der Waals surface area contributed by atoms with E-state index in [-0.39, 0.29) is 11.5 Å². The zero-order valence-electron chi connectivity index (χ0n) is 12.0. The number of hydrogen-bond donors (Lipinski definition) is 2. The fourth-order valence-electron chi connectivity index (χ4n) is 2.94. The average molecular weight is 309 g/mol. The molecule has 4 aromatic rings. The Labute approximate surface area is 129 Å². The number of H-pyrrole nitrogens is 2. The van der Waals surface area contributed by atoms with Crippen LogP contribution in [0, 0.1) is 15.9 Å². The Bertz CT molecular complexity index is 1050. The van der Waals surface area contributed by atoms with Gasteiger partial charge in [-0.05, 0) is 35.4 Å². The highest BCUT2D eigenvalue weighted by molar-refractivity contribution is 5.87. The molecule has 0 spiro atoms. The lowest BCUT2D eigenvalue weighted by atomic mass is 10.0. The topological polar surface area (TPSA) is 74.7 Å². The first kappa shape index (κ1) is 13.5. The predicted molar refractivity (Wildman–Crippen MR) is 86.0 cm³/mol. The summed E-state index contributed by atoms with van der Waals surface area (Å²) in [6, 6.07) is 9.41. The van der Waals surface area contributed by atoms with Crippen molar-refractivity contribution in [2.24, 2.45) is 0 Å². The molecule has 2 aromatic carbocycles. The summed E-state index contributed by atoms with van der Waals surface area (Å²) in [5.41, 5.74) is 3.66. The first-order valence-corrected chi connectivity index (χ1v) is 7.12. The Kier molecular flexibility index (Phi) is 2.90. The first-order valence-electron chi connectivity index (χ1n) is 7.12. The van der Waals surface area contributed by atoms with Crippen molar-refractivity contribution in [2.75, 3.05) is 0 Å². The van der Waals surface area contributed by atoms with Gasteiger partial charge in [0.15, 0.2) is 0 Å². The lowest BCUT2D eigenvalue weighted by Gasteiger charge is -2.00. The highest BCUT2D eigenvalue weighted by atomic mass is 19.1. The van der Waals surface area contributed by atoms with Crippen LogP contribution in [-0.2, 0) is 6.42 Å². The molecule has 0 atom stereocenters. The molecule has 0 aliphatic carbocycles. The Balaban J connectivity index is 1.77. The molecule has 0 amide bonds. The summed E-state index contributed by atoms with van der Waals surface area (Å²) in [5, 5.41) is 12.6. The zero-order valence-corrected chi connectivity index (χ0v) is 12.0. The number of aromatic amines is 2. The standard InChI is InChI=1S/C17H12FN3O2/c18-12-1-4-16-15(6-12)11(9-19-16)5-10-8-20-17-7-13(21(22)23)2-3-14(10)17/h1-4,6-9,19-20H,5H2. The number of nitrogens with zero attached hydrogens (tertiary/aromatic N) is 1. The first-order chi connectivity index (χ1) is 11.1. The van der Waals surface area contributed by atoms with Crippen molar-refractivity contribution in [2.45, 2.75) is 6.42 Å². The predicted octanol–water partition coefficient (Wildman–Crippen LogP) is 4.29. The van der Waals surface area contributed by atoms with E-state index in [1.807, 2.05) is 12.4 Å². The van der Waals surface area contributed by atoms with Crippen LogP contribution in [0.1, 0.15) is 11.1 Å². The van der Waals surface area contributed by atoms with E-state index in [4.69, 9.17) is 0 Å². The van der Waals surface area contributed by atoms with E-state index in [0.29, 0.717) is 6.42 Å². The van der Waals surface area contributed by atoms with Gasteiger partial charge in [0.1, 0.15) is 5.82 Å². The molecule has 2 heterocycles. The van der Waals surface area contributed by atoms with Crippen LogP contribution >= 0.6 is 0 Å². The number of fused-ring (bicyclic) bond motifs is 2. The van der Waals surface area contributed by atoms with Crippen LogP contribution in [0.4, 0.5) is 10.1 Å². The second-order valence-corrected chi connectivity index (χ2v) is 5.48. The van der Waals surface area contributed by atoms with Gasteiger partial charge in [-0.25, -0.2) is 4.39 Å². The Morgan fingerprint density at radius 3 is 2.48 bits per heavy atom. The molecule has 4 rings (SSSR count). The molecule has 0 fully saturated rings. The molecule has 0 saturated carbocycles. The number of nitro benzene ring substituents is 1. The van der Waals surface area contributed by atoms with E-state index in [0.717, 1.165) is 32.9 Å². The van der Waals surface area contributed by atoms with Crippen molar-refractivity contribution >= 4 is 27.5 Å². The lowest BCUT2D eigenvalue weighted by Crippen LogP contribution is -1.88. The largest absolute Gasteiger partial charge is 0.361 e. The number of benzene rings is 2. The van der Waals surface area contributed by atoms with E-state index >= 15 is 0 Å². The van der Waals surface area contributed by atoms with Crippen LogP contribution in [0.25, 0.3) is 21.8 Å². The molecule has 2 N–H and O–H groups in total. The summed E-state index contributed by atoms with van der Waals surface area (Å²) in [7, 11) is 0. The third-order valence-electron chi connectivity index (χ3n) is 4.07. The van der Waals surface area contributed by atoms with Gasteiger partial charge in [0.2, 0.25) is 0 Å². The van der Waals surface area contributed by atoms with Gasteiger partial charge in [-0.2, -0.15) is 0 Å². The average Bonchev–Trinajstić information content (AvgIpc) is 3.12. The van der Waals surface area contributed by atoms with Crippen molar-refractivity contribution < 1.29 is 9.31 Å². The van der Waals surface area contributed by atoms with Gasteiger partial charge < -0.3 is 9.97 Å². The van der Waals surface area contributed by atoms with E-state index < -0.39 is 4.92 Å². The second kappa shape index (κ2) is 4.95. The van der Waals surface area contributed by atoms with E-state index in [1.54, 1.807) is 12.1 Å². The molecule has 114 valence electrons. The third-order valence-corrected chi connectivity index (χ3v) is 4.07. The quantitative estimate of drug-likeness (QED) is 0.437. The van der Waals surface area contributed by atoms with Crippen LogP contribution in [0.3, 0.4) is 0 Å². The number of rotatable bonds is 3. The number of halogens is 1. The fraction of sp³-hybridized carbons (Fsp3) is 0.0588. The molecule has 6 heteroatoms. The maximum Gasteiger partial charge on any atom is 0.271 e. The molecular weight excluding hydrogens is 297 g/mol. The summed E-state index contributed by atoms with van der Waals surface area (Å²) in [5.74, 6) is -0.270. The molecule has 0 radical (unpaired) electrons. The Morgan fingerprint density at radius 1 is 0.957 bits per heavy atom. The van der Waals surface area contributed by atoms with Crippen molar-refractivity contribution in [3.8, 4) is 0 Å². The summed E-state index contributed by atoms with van der Waals surface area (Å²) in [4.78, 5) is 16.6. The second-order valence-electron chi connectivity index (χ2n) is 5.48. The van der Waals surface area contributed by atoms with Gasteiger partial charge in [0.05, 0.1) is 10.4 Å². The molecule has 0 unspecified atom stereocenters. The minimum atomic E-state index is -0.414.